The maximum Gasteiger partial charge on any atom is 0.344 e. The lowest BCUT2D eigenvalue weighted by molar-refractivity contribution is -0.155. The van der Waals surface area contributed by atoms with Gasteiger partial charge in [-0.25, -0.2) is 4.79 Å². The van der Waals surface area contributed by atoms with Crippen LogP contribution in [0.1, 0.15) is 6.92 Å². The molecule has 0 aromatic heterocycles. The maximum atomic E-state index is 11.5. The van der Waals surface area contributed by atoms with Crippen LogP contribution >= 0.6 is 11.6 Å². The fourth-order valence-electron chi connectivity index (χ4n) is 1.85. The standard InChI is InChI=1S/C17H16ClNO4/c1-11(17(19)21)23-16(20)10-22-15-8-7-13(9-14(15)18)12-5-3-2-4-6-12/h2-9,11H,10H2,1H3,(H2,19,21)/t11-/m0/s1. The van der Waals surface area contributed by atoms with E-state index < -0.39 is 18.0 Å². The Bertz CT molecular complexity index is 703. The highest BCUT2D eigenvalue weighted by molar-refractivity contribution is 6.32. The van der Waals surface area contributed by atoms with Crippen molar-refractivity contribution in [1.29, 1.82) is 0 Å². The van der Waals surface area contributed by atoms with Gasteiger partial charge in [-0.2, -0.15) is 0 Å². The van der Waals surface area contributed by atoms with Gasteiger partial charge in [-0.05, 0) is 30.2 Å². The van der Waals surface area contributed by atoms with Gasteiger partial charge in [0.2, 0.25) is 0 Å². The summed E-state index contributed by atoms with van der Waals surface area (Å²) in [4.78, 5) is 22.4. The zero-order chi connectivity index (χ0) is 16.8. The minimum atomic E-state index is -0.998. The van der Waals surface area contributed by atoms with Gasteiger partial charge in [0.05, 0.1) is 5.02 Å². The van der Waals surface area contributed by atoms with Crippen LogP contribution in [0, 0.1) is 0 Å². The van der Waals surface area contributed by atoms with Crippen LogP contribution in [0.3, 0.4) is 0 Å². The first-order valence-corrected chi connectivity index (χ1v) is 7.31. The third-order valence-corrected chi connectivity index (χ3v) is 3.39. The Morgan fingerprint density at radius 2 is 1.83 bits per heavy atom. The lowest BCUT2D eigenvalue weighted by Crippen LogP contribution is -2.32. The van der Waals surface area contributed by atoms with E-state index in [1.165, 1.54) is 6.92 Å². The van der Waals surface area contributed by atoms with Gasteiger partial charge in [0.25, 0.3) is 5.91 Å². The highest BCUT2D eigenvalue weighted by atomic mass is 35.5. The Morgan fingerprint density at radius 3 is 2.43 bits per heavy atom. The predicted molar refractivity (Wildman–Crippen MR) is 87.1 cm³/mol. The van der Waals surface area contributed by atoms with Crippen LogP contribution in [0.5, 0.6) is 5.75 Å². The SMILES string of the molecule is C[C@H](OC(=O)COc1ccc(-c2ccccc2)cc1Cl)C(N)=O. The molecule has 2 N–H and O–H groups in total. The molecule has 6 heteroatoms. The molecule has 0 aliphatic heterocycles. The highest BCUT2D eigenvalue weighted by Gasteiger charge is 2.15. The van der Waals surface area contributed by atoms with Crippen LogP contribution in [-0.4, -0.2) is 24.6 Å². The first-order valence-electron chi connectivity index (χ1n) is 6.94. The first-order chi connectivity index (χ1) is 11.0. The maximum absolute atomic E-state index is 11.5. The van der Waals surface area contributed by atoms with E-state index >= 15 is 0 Å². The third kappa shape index (κ3) is 4.72. The zero-order valence-corrected chi connectivity index (χ0v) is 13.2. The average molecular weight is 334 g/mol. The molecular weight excluding hydrogens is 318 g/mol. The van der Waals surface area contributed by atoms with Crippen molar-refractivity contribution in [1.82, 2.24) is 0 Å². The molecule has 2 rings (SSSR count). The molecule has 0 heterocycles. The Morgan fingerprint density at radius 1 is 1.13 bits per heavy atom. The Balaban J connectivity index is 1.99. The molecular formula is C17H16ClNO4. The number of ether oxygens (including phenoxy) is 2. The summed E-state index contributed by atoms with van der Waals surface area (Å²) < 4.78 is 10.1. The molecule has 0 bridgehead atoms. The number of carbonyl (C=O) groups excluding carboxylic acids is 2. The van der Waals surface area contributed by atoms with Crippen LogP contribution in [0.2, 0.25) is 5.02 Å². The van der Waals surface area contributed by atoms with Gasteiger partial charge in [-0.3, -0.25) is 4.79 Å². The predicted octanol–water partition coefficient (Wildman–Crippen LogP) is 2.80. The summed E-state index contributed by atoms with van der Waals surface area (Å²) in [5.41, 5.74) is 6.97. The van der Waals surface area contributed by atoms with Crippen molar-refractivity contribution >= 4 is 23.5 Å². The van der Waals surface area contributed by atoms with Crippen LogP contribution in [-0.2, 0) is 14.3 Å². The number of esters is 1. The molecule has 0 radical (unpaired) electrons. The highest BCUT2D eigenvalue weighted by Crippen LogP contribution is 2.30. The zero-order valence-electron chi connectivity index (χ0n) is 12.5. The van der Waals surface area contributed by atoms with Gasteiger partial charge in [-0.1, -0.05) is 48.0 Å². The summed E-state index contributed by atoms with van der Waals surface area (Å²) in [5.74, 6) is -1.06. The number of halogens is 1. The molecule has 23 heavy (non-hydrogen) atoms. The lowest BCUT2D eigenvalue weighted by Gasteiger charge is -2.12. The fraction of sp³-hybridized carbons (Fsp3) is 0.176. The van der Waals surface area contributed by atoms with E-state index in [9.17, 15) is 9.59 Å². The first kappa shape index (κ1) is 16.8. The van der Waals surface area contributed by atoms with Gasteiger partial charge in [-0.15, -0.1) is 0 Å². The molecule has 1 atom stereocenters. The van der Waals surface area contributed by atoms with E-state index in [0.29, 0.717) is 10.8 Å². The number of nitrogens with two attached hydrogens (primary N) is 1. The second kappa shape index (κ2) is 7.65. The minimum absolute atomic E-state index is 0.357. The largest absolute Gasteiger partial charge is 0.480 e. The number of benzene rings is 2. The summed E-state index contributed by atoms with van der Waals surface area (Å²) in [6, 6.07) is 15.0. The number of primary amides is 1. The Labute approximate surface area is 139 Å². The van der Waals surface area contributed by atoms with Crippen molar-refractivity contribution in [2.75, 3.05) is 6.61 Å². The number of hydrogen-bond donors (Lipinski definition) is 1. The smallest absolute Gasteiger partial charge is 0.344 e. The van der Waals surface area contributed by atoms with Crippen molar-refractivity contribution in [2.45, 2.75) is 13.0 Å². The van der Waals surface area contributed by atoms with Gasteiger partial charge in [0, 0.05) is 0 Å². The van der Waals surface area contributed by atoms with Crippen molar-refractivity contribution in [2.24, 2.45) is 5.73 Å². The van der Waals surface area contributed by atoms with Gasteiger partial charge >= 0.3 is 5.97 Å². The van der Waals surface area contributed by atoms with Gasteiger partial charge in [0.1, 0.15) is 5.75 Å². The van der Waals surface area contributed by atoms with Crippen molar-refractivity contribution in [3.63, 3.8) is 0 Å². The van der Waals surface area contributed by atoms with Crippen molar-refractivity contribution < 1.29 is 19.1 Å². The molecule has 0 fully saturated rings. The molecule has 2 aromatic carbocycles. The summed E-state index contributed by atoms with van der Waals surface area (Å²) in [6.07, 6.45) is -0.998. The summed E-state index contributed by atoms with van der Waals surface area (Å²) in [6.45, 7) is 1.03. The number of hydrogen-bond acceptors (Lipinski definition) is 4. The lowest BCUT2D eigenvalue weighted by atomic mass is 10.1. The Hall–Kier alpha value is -2.53. The third-order valence-electron chi connectivity index (χ3n) is 3.09. The molecule has 0 saturated heterocycles. The van der Waals surface area contributed by atoms with E-state index in [2.05, 4.69) is 0 Å². The molecule has 0 aliphatic rings. The van der Waals surface area contributed by atoms with E-state index in [1.54, 1.807) is 12.1 Å². The topological polar surface area (TPSA) is 78.6 Å². The molecule has 120 valence electrons. The normalized spacial score (nSPS) is 11.6. The van der Waals surface area contributed by atoms with Crippen molar-refractivity contribution in [3.05, 3.63) is 53.6 Å². The average Bonchev–Trinajstić information content (AvgIpc) is 2.54. The van der Waals surface area contributed by atoms with Crippen molar-refractivity contribution in [3.8, 4) is 16.9 Å². The quantitative estimate of drug-likeness (QED) is 0.824. The van der Waals surface area contributed by atoms with Gasteiger partial charge in [0.15, 0.2) is 12.7 Å². The molecule has 0 unspecified atom stereocenters. The Kier molecular flexibility index (Phi) is 5.60. The van der Waals surface area contributed by atoms with Gasteiger partial charge < -0.3 is 15.2 Å². The van der Waals surface area contributed by atoms with E-state index in [-0.39, 0.29) is 6.61 Å². The molecule has 0 aliphatic carbocycles. The van der Waals surface area contributed by atoms with Crippen LogP contribution < -0.4 is 10.5 Å². The number of carbonyl (C=O) groups is 2. The van der Waals surface area contributed by atoms with Crippen LogP contribution in [0.15, 0.2) is 48.5 Å². The van der Waals surface area contributed by atoms with E-state index in [0.717, 1.165) is 11.1 Å². The molecule has 1 amide bonds. The summed E-state index contributed by atoms with van der Waals surface area (Å²) >= 11 is 6.17. The van der Waals surface area contributed by atoms with Crippen LogP contribution in [0.4, 0.5) is 0 Å². The summed E-state index contributed by atoms with van der Waals surface area (Å²) in [7, 11) is 0. The van der Waals surface area contributed by atoms with E-state index in [4.69, 9.17) is 26.8 Å². The second-order valence-corrected chi connectivity index (χ2v) is 5.24. The minimum Gasteiger partial charge on any atom is -0.480 e. The number of amides is 1. The fourth-order valence-corrected chi connectivity index (χ4v) is 2.09. The second-order valence-electron chi connectivity index (χ2n) is 4.83. The molecule has 0 saturated carbocycles. The monoisotopic (exact) mass is 333 g/mol. The molecule has 0 spiro atoms. The molecule has 5 nitrogen and oxygen atoms in total. The van der Waals surface area contributed by atoms with E-state index in [1.807, 2.05) is 36.4 Å². The van der Waals surface area contributed by atoms with Crippen LogP contribution in [0.25, 0.3) is 11.1 Å². The summed E-state index contributed by atoms with van der Waals surface area (Å²) in [5, 5.41) is 0.377. The molecule has 2 aromatic rings. The number of rotatable bonds is 6.